The van der Waals surface area contributed by atoms with E-state index in [1.165, 1.54) is 0 Å². The Morgan fingerprint density at radius 1 is 1.41 bits per heavy atom. The molecule has 1 aromatic heterocycles. The Kier molecular flexibility index (Phi) is 4.89. The van der Waals surface area contributed by atoms with Crippen LogP contribution in [0.1, 0.15) is 44.6 Å². The van der Waals surface area contributed by atoms with Crippen LogP contribution in [0.4, 0.5) is 5.82 Å². The van der Waals surface area contributed by atoms with Gasteiger partial charge >= 0.3 is 0 Å². The zero-order valence-corrected chi connectivity index (χ0v) is 11.1. The van der Waals surface area contributed by atoms with Crippen molar-refractivity contribution in [1.82, 2.24) is 9.97 Å². The monoisotopic (exact) mass is 232 g/mol. The molecule has 0 aliphatic carbocycles. The van der Waals surface area contributed by atoms with Crippen molar-refractivity contribution < 1.29 is 0 Å². The summed E-state index contributed by atoms with van der Waals surface area (Å²) in [6, 6.07) is 4.15. The smallest absolute Gasteiger partial charge is 0.133 e. The van der Waals surface area contributed by atoms with Crippen LogP contribution in [-0.2, 0) is 0 Å². The van der Waals surface area contributed by atoms with Gasteiger partial charge in [0.15, 0.2) is 0 Å². The molecule has 0 saturated carbocycles. The maximum absolute atomic E-state index is 8.65. The molecule has 1 heterocycles. The predicted octanol–water partition coefficient (Wildman–Crippen LogP) is 2.65. The van der Waals surface area contributed by atoms with E-state index in [-0.39, 0.29) is 0 Å². The molecule has 0 saturated heterocycles. The average Bonchev–Trinajstić information content (AvgIpc) is 2.29. The molecule has 92 valence electrons. The molecule has 0 radical (unpaired) electrons. The maximum Gasteiger partial charge on any atom is 0.133 e. The van der Waals surface area contributed by atoms with Gasteiger partial charge in [0.05, 0.1) is 12.5 Å². The molecular weight excluding hydrogens is 212 g/mol. The summed E-state index contributed by atoms with van der Waals surface area (Å²) in [6.45, 7) is 9.81. The molecule has 0 bridgehead atoms. The fourth-order valence-electron chi connectivity index (χ4n) is 1.61. The van der Waals surface area contributed by atoms with Gasteiger partial charge in [0.25, 0.3) is 0 Å². The molecule has 0 N–H and O–H groups in total. The molecule has 17 heavy (non-hydrogen) atoms. The predicted molar refractivity (Wildman–Crippen MR) is 69.0 cm³/mol. The van der Waals surface area contributed by atoms with Crippen LogP contribution in [-0.4, -0.2) is 23.1 Å². The van der Waals surface area contributed by atoms with Gasteiger partial charge in [-0.1, -0.05) is 13.8 Å². The van der Waals surface area contributed by atoms with Crippen LogP contribution in [0.15, 0.2) is 6.07 Å². The van der Waals surface area contributed by atoms with E-state index in [1.54, 1.807) is 0 Å². The lowest BCUT2D eigenvalue weighted by molar-refractivity contribution is 0.742. The summed E-state index contributed by atoms with van der Waals surface area (Å²) in [6.07, 6.45) is 0.522. The van der Waals surface area contributed by atoms with Crippen molar-refractivity contribution in [3.8, 4) is 6.07 Å². The lowest BCUT2D eigenvalue weighted by Crippen LogP contribution is -2.25. The average molecular weight is 232 g/mol. The number of hydrogen-bond donors (Lipinski definition) is 0. The van der Waals surface area contributed by atoms with Gasteiger partial charge in [-0.25, -0.2) is 9.97 Å². The first-order chi connectivity index (χ1) is 8.08. The highest BCUT2D eigenvalue weighted by Gasteiger charge is 2.10. The summed E-state index contributed by atoms with van der Waals surface area (Å²) >= 11 is 0. The van der Waals surface area contributed by atoms with E-state index in [9.17, 15) is 0 Å². The standard InChI is InChI=1S/C13H20N4/c1-5-17(8-6-7-14)12-9-11(4)15-13(16-12)10(2)3/h9-10H,5-6,8H2,1-4H3. The first-order valence-corrected chi connectivity index (χ1v) is 6.06. The number of nitrogens with zero attached hydrogens (tertiary/aromatic N) is 4. The summed E-state index contributed by atoms with van der Waals surface area (Å²) in [5.41, 5.74) is 0.981. The van der Waals surface area contributed by atoms with E-state index in [2.05, 4.69) is 41.7 Å². The fourth-order valence-corrected chi connectivity index (χ4v) is 1.61. The highest BCUT2D eigenvalue weighted by molar-refractivity contribution is 5.40. The first kappa shape index (κ1) is 13.4. The molecule has 0 spiro atoms. The third-order valence-corrected chi connectivity index (χ3v) is 2.57. The van der Waals surface area contributed by atoms with Crippen LogP contribution in [0.5, 0.6) is 0 Å². The van der Waals surface area contributed by atoms with E-state index in [0.29, 0.717) is 12.3 Å². The lowest BCUT2D eigenvalue weighted by atomic mass is 10.2. The van der Waals surface area contributed by atoms with Gasteiger partial charge < -0.3 is 4.90 Å². The minimum Gasteiger partial charge on any atom is -0.356 e. The number of anilines is 1. The molecule has 0 aliphatic rings. The molecule has 0 fully saturated rings. The molecule has 1 rings (SSSR count). The Labute approximate surface area is 103 Å². The van der Waals surface area contributed by atoms with Crippen LogP contribution < -0.4 is 4.90 Å². The highest BCUT2D eigenvalue weighted by Crippen LogP contribution is 2.17. The number of hydrogen-bond acceptors (Lipinski definition) is 4. The summed E-state index contributed by atoms with van der Waals surface area (Å²) in [5.74, 6) is 2.12. The van der Waals surface area contributed by atoms with Crippen LogP contribution in [0.2, 0.25) is 0 Å². The van der Waals surface area contributed by atoms with Crippen LogP contribution in [0.3, 0.4) is 0 Å². The Bertz CT molecular complexity index is 406. The molecule has 0 atom stereocenters. The van der Waals surface area contributed by atoms with Crippen molar-refractivity contribution in [3.63, 3.8) is 0 Å². The maximum atomic E-state index is 8.65. The quantitative estimate of drug-likeness (QED) is 0.783. The number of rotatable bonds is 5. The highest BCUT2D eigenvalue weighted by atomic mass is 15.2. The normalized spacial score (nSPS) is 10.4. The van der Waals surface area contributed by atoms with Gasteiger partial charge in [-0.2, -0.15) is 5.26 Å². The molecule has 0 aromatic carbocycles. The molecular formula is C13H20N4. The zero-order chi connectivity index (χ0) is 12.8. The first-order valence-electron chi connectivity index (χ1n) is 6.06. The van der Waals surface area contributed by atoms with Crippen molar-refractivity contribution in [2.45, 2.75) is 40.0 Å². The van der Waals surface area contributed by atoms with Crippen LogP contribution >= 0.6 is 0 Å². The summed E-state index contributed by atoms with van der Waals surface area (Å²) in [4.78, 5) is 11.1. The summed E-state index contributed by atoms with van der Waals surface area (Å²) in [5, 5.41) is 8.65. The summed E-state index contributed by atoms with van der Waals surface area (Å²) < 4.78 is 0. The number of aromatic nitrogens is 2. The van der Waals surface area contributed by atoms with Gasteiger partial charge in [-0.15, -0.1) is 0 Å². The third kappa shape index (κ3) is 3.70. The van der Waals surface area contributed by atoms with Gasteiger partial charge in [0, 0.05) is 30.8 Å². The van der Waals surface area contributed by atoms with Gasteiger partial charge in [0.2, 0.25) is 0 Å². The van der Waals surface area contributed by atoms with E-state index in [1.807, 2.05) is 13.0 Å². The Morgan fingerprint density at radius 2 is 2.12 bits per heavy atom. The molecule has 1 aromatic rings. The zero-order valence-electron chi connectivity index (χ0n) is 11.1. The second kappa shape index (κ2) is 6.19. The lowest BCUT2D eigenvalue weighted by Gasteiger charge is -2.21. The van der Waals surface area contributed by atoms with Crippen molar-refractivity contribution in [1.29, 1.82) is 5.26 Å². The topological polar surface area (TPSA) is 52.8 Å². The second-order valence-electron chi connectivity index (χ2n) is 4.37. The fraction of sp³-hybridized carbons (Fsp3) is 0.615. The van der Waals surface area contributed by atoms with E-state index < -0.39 is 0 Å². The van der Waals surface area contributed by atoms with Crippen LogP contribution in [0, 0.1) is 18.3 Å². The molecule has 4 heteroatoms. The minimum atomic E-state index is 0.323. The Hall–Kier alpha value is -1.63. The van der Waals surface area contributed by atoms with Gasteiger partial charge in [0.1, 0.15) is 11.6 Å². The SMILES string of the molecule is CCN(CCC#N)c1cc(C)nc(C(C)C)n1. The number of nitriles is 1. The van der Waals surface area contributed by atoms with E-state index >= 15 is 0 Å². The molecule has 0 aliphatic heterocycles. The van der Waals surface area contributed by atoms with E-state index in [4.69, 9.17) is 5.26 Å². The number of aryl methyl sites for hydroxylation is 1. The van der Waals surface area contributed by atoms with Crippen molar-refractivity contribution >= 4 is 5.82 Å². The largest absolute Gasteiger partial charge is 0.356 e. The Balaban J connectivity index is 2.98. The van der Waals surface area contributed by atoms with Crippen molar-refractivity contribution in [2.24, 2.45) is 0 Å². The minimum absolute atomic E-state index is 0.323. The Morgan fingerprint density at radius 3 is 2.65 bits per heavy atom. The van der Waals surface area contributed by atoms with E-state index in [0.717, 1.165) is 30.4 Å². The third-order valence-electron chi connectivity index (χ3n) is 2.57. The second-order valence-corrected chi connectivity index (χ2v) is 4.37. The van der Waals surface area contributed by atoms with Crippen molar-refractivity contribution in [2.75, 3.05) is 18.0 Å². The van der Waals surface area contributed by atoms with Gasteiger partial charge in [-0.05, 0) is 13.8 Å². The summed E-state index contributed by atoms with van der Waals surface area (Å²) in [7, 11) is 0. The van der Waals surface area contributed by atoms with Gasteiger partial charge in [-0.3, -0.25) is 0 Å². The van der Waals surface area contributed by atoms with Crippen molar-refractivity contribution in [3.05, 3.63) is 17.6 Å². The molecule has 0 amide bonds. The molecule has 4 nitrogen and oxygen atoms in total. The van der Waals surface area contributed by atoms with Crippen LogP contribution in [0.25, 0.3) is 0 Å². The molecule has 0 unspecified atom stereocenters.